The highest BCUT2D eigenvalue weighted by Crippen LogP contribution is 2.11. The Kier molecular flexibility index (Phi) is 7.38. The maximum Gasteiger partial charge on any atom is 0.240 e. The van der Waals surface area contributed by atoms with Crippen LogP contribution in [-0.4, -0.2) is 39.9 Å². The van der Waals surface area contributed by atoms with E-state index in [1.165, 1.54) is 18.2 Å². The zero-order valence-electron chi connectivity index (χ0n) is 16.4. The van der Waals surface area contributed by atoms with E-state index in [-0.39, 0.29) is 4.90 Å². The minimum absolute atomic E-state index is 0.251. The molecule has 6 nitrogen and oxygen atoms in total. The molecule has 0 amide bonds. The summed E-state index contributed by atoms with van der Waals surface area (Å²) in [7, 11) is -0.00558. The van der Waals surface area contributed by atoms with Crippen molar-refractivity contribution in [1.82, 2.24) is 14.9 Å². The quantitative estimate of drug-likeness (QED) is 0.565. The fraction of sp³-hybridized carbons (Fsp3) is 0.350. The Morgan fingerprint density at radius 3 is 2.19 bits per heavy atom. The molecule has 0 aromatic heterocycles. The van der Waals surface area contributed by atoms with E-state index in [1.54, 1.807) is 24.3 Å². The van der Waals surface area contributed by atoms with Gasteiger partial charge in [0.25, 0.3) is 0 Å². The van der Waals surface area contributed by atoms with Crippen LogP contribution >= 0.6 is 0 Å². The summed E-state index contributed by atoms with van der Waals surface area (Å²) >= 11 is 0. The molecule has 0 fully saturated rings. The Balaban J connectivity index is 2.09. The Morgan fingerprint density at radius 2 is 1.63 bits per heavy atom. The van der Waals surface area contributed by atoms with Crippen LogP contribution in [0.4, 0.5) is 0 Å². The first-order valence-corrected chi connectivity index (χ1v) is 10.4. The van der Waals surface area contributed by atoms with Crippen molar-refractivity contribution >= 4 is 16.0 Å². The molecule has 0 heterocycles. The van der Waals surface area contributed by atoms with Crippen LogP contribution in [0, 0.1) is 6.92 Å². The fourth-order valence-electron chi connectivity index (χ4n) is 2.57. The van der Waals surface area contributed by atoms with Crippen LogP contribution in [0.2, 0.25) is 0 Å². The lowest BCUT2D eigenvalue weighted by atomic mass is 10.1. The molecule has 0 aliphatic heterocycles. The van der Waals surface area contributed by atoms with Crippen molar-refractivity contribution < 1.29 is 8.42 Å². The molecule has 27 heavy (non-hydrogen) atoms. The summed E-state index contributed by atoms with van der Waals surface area (Å²) in [5.74, 6) is 0.810. The van der Waals surface area contributed by atoms with Crippen molar-refractivity contribution in [1.29, 1.82) is 0 Å². The van der Waals surface area contributed by atoms with Gasteiger partial charge in [0.05, 0.1) is 11.4 Å². The number of nitrogens with one attached hydrogen (secondary N) is 2. The number of nitrogens with zero attached hydrogens (tertiary/aromatic N) is 2. The maximum atomic E-state index is 11.8. The first-order chi connectivity index (χ1) is 12.9. The number of benzene rings is 2. The molecule has 0 spiro atoms. The van der Waals surface area contributed by atoms with Crippen LogP contribution in [0.3, 0.4) is 0 Å². The number of hydrogen-bond acceptors (Lipinski definition) is 3. The van der Waals surface area contributed by atoms with Crippen LogP contribution in [-0.2, 0) is 23.1 Å². The highest BCUT2D eigenvalue weighted by atomic mass is 32.2. The third-order valence-corrected chi connectivity index (χ3v) is 5.58. The first kappa shape index (κ1) is 20.9. The fourth-order valence-corrected chi connectivity index (χ4v) is 3.30. The molecule has 0 radical (unpaired) electrons. The molecule has 0 aliphatic carbocycles. The highest BCUT2D eigenvalue weighted by Gasteiger charge is 2.11. The molecule has 2 aromatic carbocycles. The van der Waals surface area contributed by atoms with Gasteiger partial charge in [-0.25, -0.2) is 18.1 Å². The van der Waals surface area contributed by atoms with Crippen LogP contribution in [0.5, 0.6) is 0 Å². The van der Waals surface area contributed by atoms with Crippen molar-refractivity contribution in [2.75, 3.05) is 20.6 Å². The second kappa shape index (κ2) is 9.53. The van der Waals surface area contributed by atoms with Gasteiger partial charge in [-0.2, -0.15) is 0 Å². The molecule has 7 heteroatoms. The van der Waals surface area contributed by atoms with E-state index in [0.29, 0.717) is 6.54 Å². The Labute approximate surface area is 162 Å². The van der Waals surface area contributed by atoms with Crippen LogP contribution < -0.4 is 10.0 Å². The Bertz CT molecular complexity index is 860. The van der Waals surface area contributed by atoms with Gasteiger partial charge in [0, 0.05) is 20.1 Å². The van der Waals surface area contributed by atoms with Crippen molar-refractivity contribution in [3.05, 3.63) is 65.2 Å². The second-order valence-corrected chi connectivity index (χ2v) is 8.25. The first-order valence-electron chi connectivity index (χ1n) is 8.93. The summed E-state index contributed by atoms with van der Waals surface area (Å²) in [4.78, 5) is 7.00. The van der Waals surface area contributed by atoms with Gasteiger partial charge in [-0.1, -0.05) is 42.0 Å². The molecule has 2 N–H and O–H groups in total. The minimum atomic E-state index is -3.41. The third kappa shape index (κ3) is 6.08. The average molecular weight is 389 g/mol. The molecule has 0 unspecified atom stereocenters. The van der Waals surface area contributed by atoms with Gasteiger partial charge in [0.1, 0.15) is 0 Å². The minimum Gasteiger partial charge on any atom is -0.357 e. The van der Waals surface area contributed by atoms with Crippen molar-refractivity contribution in [2.45, 2.75) is 31.8 Å². The summed E-state index contributed by atoms with van der Waals surface area (Å²) in [6, 6.07) is 15.2. The largest absolute Gasteiger partial charge is 0.357 e. The summed E-state index contributed by atoms with van der Waals surface area (Å²) in [6.07, 6.45) is 0. The normalized spacial score (nSPS) is 12.1. The van der Waals surface area contributed by atoms with Gasteiger partial charge in [-0.05, 0) is 44.2 Å². The van der Waals surface area contributed by atoms with Crippen molar-refractivity contribution in [2.24, 2.45) is 4.99 Å². The average Bonchev–Trinajstić information content (AvgIpc) is 2.67. The van der Waals surface area contributed by atoms with Gasteiger partial charge in [0.15, 0.2) is 5.96 Å². The van der Waals surface area contributed by atoms with Crippen LogP contribution in [0.25, 0.3) is 0 Å². The second-order valence-electron chi connectivity index (χ2n) is 6.36. The van der Waals surface area contributed by atoms with Gasteiger partial charge < -0.3 is 10.2 Å². The summed E-state index contributed by atoms with van der Waals surface area (Å²) in [5, 5.41) is 3.30. The highest BCUT2D eigenvalue weighted by molar-refractivity contribution is 7.89. The molecule has 0 saturated carbocycles. The molecule has 0 bridgehead atoms. The van der Waals surface area contributed by atoms with E-state index in [2.05, 4.69) is 51.1 Å². The summed E-state index contributed by atoms with van der Waals surface area (Å²) in [5.41, 5.74) is 3.41. The summed E-state index contributed by atoms with van der Waals surface area (Å²) < 4.78 is 25.9. The standard InChI is InChI=1S/C20H28N4O2S/c1-5-22-20(24(4)15-18-8-6-16(2)7-9-18)23-14-17-10-12-19(13-11-17)27(25,26)21-3/h6-13,21H,5,14-15H2,1-4H3,(H,22,23). The van der Waals surface area contributed by atoms with Gasteiger partial charge in [-0.15, -0.1) is 0 Å². The SMILES string of the molecule is CCNC(=NCc1ccc(S(=O)(=O)NC)cc1)N(C)Cc1ccc(C)cc1. The van der Waals surface area contributed by atoms with E-state index >= 15 is 0 Å². The number of rotatable bonds is 7. The zero-order chi connectivity index (χ0) is 19.9. The number of hydrogen-bond donors (Lipinski definition) is 2. The lowest BCUT2D eigenvalue weighted by molar-refractivity contribution is 0.477. The molecule has 146 valence electrons. The number of sulfonamides is 1. The number of aryl methyl sites for hydroxylation is 1. The number of guanidine groups is 1. The Hall–Kier alpha value is -2.38. The van der Waals surface area contributed by atoms with Crippen molar-refractivity contribution in [3.63, 3.8) is 0 Å². The van der Waals surface area contributed by atoms with E-state index in [0.717, 1.165) is 24.6 Å². The van der Waals surface area contributed by atoms with Crippen LogP contribution in [0.15, 0.2) is 58.4 Å². The molecule has 2 rings (SSSR count). The van der Waals surface area contributed by atoms with Gasteiger partial charge >= 0.3 is 0 Å². The van der Waals surface area contributed by atoms with Crippen LogP contribution in [0.1, 0.15) is 23.6 Å². The lowest BCUT2D eigenvalue weighted by Gasteiger charge is -2.22. The van der Waals surface area contributed by atoms with E-state index in [1.807, 2.05) is 14.0 Å². The molecular formula is C20H28N4O2S. The van der Waals surface area contributed by atoms with Gasteiger partial charge in [-0.3, -0.25) is 0 Å². The van der Waals surface area contributed by atoms with E-state index in [4.69, 9.17) is 0 Å². The predicted octanol–water partition coefficient (Wildman–Crippen LogP) is 2.50. The molecular weight excluding hydrogens is 360 g/mol. The Morgan fingerprint density at radius 1 is 1.04 bits per heavy atom. The maximum absolute atomic E-state index is 11.8. The predicted molar refractivity (Wildman–Crippen MR) is 110 cm³/mol. The third-order valence-electron chi connectivity index (χ3n) is 4.15. The monoisotopic (exact) mass is 388 g/mol. The lowest BCUT2D eigenvalue weighted by Crippen LogP contribution is -2.38. The topological polar surface area (TPSA) is 73.8 Å². The van der Waals surface area contributed by atoms with E-state index < -0.39 is 10.0 Å². The smallest absolute Gasteiger partial charge is 0.240 e. The van der Waals surface area contributed by atoms with Crippen molar-refractivity contribution in [3.8, 4) is 0 Å². The van der Waals surface area contributed by atoms with E-state index in [9.17, 15) is 8.42 Å². The molecule has 0 saturated heterocycles. The number of aliphatic imine (C=N–C) groups is 1. The summed E-state index contributed by atoms with van der Waals surface area (Å²) in [6.45, 7) is 6.11. The molecule has 0 atom stereocenters. The zero-order valence-corrected chi connectivity index (χ0v) is 17.2. The molecule has 0 aliphatic rings. The molecule has 2 aromatic rings. The van der Waals surface area contributed by atoms with Gasteiger partial charge in [0.2, 0.25) is 10.0 Å².